The van der Waals surface area contributed by atoms with Gasteiger partial charge in [-0.2, -0.15) is 9.61 Å². The van der Waals surface area contributed by atoms with Crippen LogP contribution < -0.4 is 10.9 Å². The van der Waals surface area contributed by atoms with Crippen LogP contribution in [-0.4, -0.2) is 42.5 Å². The highest BCUT2D eigenvalue weighted by atomic mass is 32.2. The fraction of sp³-hybridized carbons (Fsp3) is 0.588. The lowest BCUT2D eigenvalue weighted by atomic mass is 9.99. The van der Waals surface area contributed by atoms with Crippen LogP contribution in [0.4, 0.5) is 0 Å². The Bertz CT molecular complexity index is 1030. The van der Waals surface area contributed by atoms with Crippen molar-refractivity contribution in [3.63, 3.8) is 0 Å². The molecule has 1 saturated carbocycles. The molecule has 0 amide bonds. The number of aromatic nitrogens is 6. The summed E-state index contributed by atoms with van der Waals surface area (Å²) in [6.07, 6.45) is 4.66. The van der Waals surface area contributed by atoms with Gasteiger partial charge in [0.05, 0.1) is 5.69 Å². The van der Waals surface area contributed by atoms with Crippen LogP contribution in [0.1, 0.15) is 54.0 Å². The molecule has 0 aromatic carbocycles. The van der Waals surface area contributed by atoms with Crippen molar-refractivity contribution in [3.05, 3.63) is 32.9 Å². The molecule has 1 N–H and O–H groups in total. The Morgan fingerprint density at radius 3 is 2.96 bits per heavy atom. The van der Waals surface area contributed by atoms with Gasteiger partial charge in [-0.3, -0.25) is 4.79 Å². The van der Waals surface area contributed by atoms with Crippen molar-refractivity contribution in [1.29, 1.82) is 0 Å². The smallest absolute Gasteiger partial charge is 0.275 e. The van der Waals surface area contributed by atoms with Crippen LogP contribution in [0, 0.1) is 0 Å². The van der Waals surface area contributed by atoms with Crippen LogP contribution in [0.2, 0.25) is 0 Å². The van der Waals surface area contributed by atoms with Crippen molar-refractivity contribution in [2.24, 2.45) is 7.05 Å². The summed E-state index contributed by atoms with van der Waals surface area (Å²) in [5.74, 6) is 2.57. The predicted molar refractivity (Wildman–Crippen MR) is 105 cm³/mol. The lowest BCUT2D eigenvalue weighted by Gasteiger charge is -2.21. The van der Waals surface area contributed by atoms with Crippen LogP contribution >= 0.6 is 23.1 Å². The normalized spacial score (nSPS) is 20.4. The first-order valence-corrected chi connectivity index (χ1v) is 11.1. The summed E-state index contributed by atoms with van der Waals surface area (Å²) >= 11 is 3.11. The molecule has 1 aliphatic heterocycles. The molecule has 0 radical (unpaired) electrons. The van der Waals surface area contributed by atoms with Gasteiger partial charge in [0, 0.05) is 37.2 Å². The lowest BCUT2D eigenvalue weighted by Crippen LogP contribution is -2.29. The number of piperidine rings is 1. The molecule has 1 atom stereocenters. The molecule has 4 heterocycles. The Hall–Kier alpha value is -1.78. The minimum Gasteiger partial charge on any atom is -0.316 e. The van der Waals surface area contributed by atoms with E-state index in [4.69, 9.17) is 0 Å². The second kappa shape index (κ2) is 6.99. The highest BCUT2D eigenvalue weighted by Gasteiger charge is 2.28. The zero-order valence-corrected chi connectivity index (χ0v) is 16.7. The van der Waals surface area contributed by atoms with Gasteiger partial charge in [-0.15, -0.1) is 10.2 Å². The van der Waals surface area contributed by atoms with E-state index in [-0.39, 0.29) is 5.56 Å². The predicted octanol–water partition coefficient (Wildman–Crippen LogP) is 1.92. The maximum Gasteiger partial charge on any atom is 0.275 e. The molecule has 1 aliphatic carbocycles. The highest BCUT2D eigenvalue weighted by Crippen LogP contribution is 2.41. The minimum absolute atomic E-state index is 0.106. The number of nitrogens with one attached hydrogen (secondary N) is 1. The van der Waals surface area contributed by atoms with Crippen molar-refractivity contribution in [3.8, 4) is 0 Å². The summed E-state index contributed by atoms with van der Waals surface area (Å²) < 4.78 is 3.51. The average molecular weight is 404 g/mol. The first kappa shape index (κ1) is 17.3. The van der Waals surface area contributed by atoms with Crippen molar-refractivity contribution < 1.29 is 0 Å². The number of hydrogen-bond donors (Lipinski definition) is 1. The van der Waals surface area contributed by atoms with E-state index in [1.165, 1.54) is 35.1 Å². The molecular weight excluding hydrogens is 382 g/mol. The molecule has 3 aromatic heterocycles. The molecule has 0 spiro atoms. The third-order valence-corrected chi connectivity index (χ3v) is 7.24. The second-order valence-corrected chi connectivity index (χ2v) is 9.16. The van der Waals surface area contributed by atoms with E-state index in [2.05, 4.69) is 30.2 Å². The SMILES string of the molecule is Cn1c(SCc2cc(=O)n3nc(C4CC4)sc3n2)nnc1C1CCCNC1. The number of rotatable bonds is 5. The Labute approximate surface area is 164 Å². The Morgan fingerprint density at radius 2 is 2.19 bits per heavy atom. The molecule has 1 unspecified atom stereocenters. The van der Waals surface area contributed by atoms with Gasteiger partial charge < -0.3 is 9.88 Å². The fourth-order valence-corrected chi connectivity index (χ4v) is 5.36. The summed E-state index contributed by atoms with van der Waals surface area (Å²) in [5.41, 5.74) is 0.658. The maximum atomic E-state index is 12.4. The molecule has 3 aromatic rings. The Kier molecular flexibility index (Phi) is 4.49. The Morgan fingerprint density at radius 1 is 1.30 bits per heavy atom. The summed E-state index contributed by atoms with van der Waals surface area (Å²) in [5, 5.41) is 18.5. The molecule has 0 bridgehead atoms. The van der Waals surface area contributed by atoms with E-state index >= 15 is 0 Å². The van der Waals surface area contributed by atoms with Crippen LogP contribution in [0.5, 0.6) is 0 Å². The van der Waals surface area contributed by atoms with Gasteiger partial charge in [0.25, 0.3) is 5.56 Å². The van der Waals surface area contributed by atoms with Gasteiger partial charge in [-0.05, 0) is 32.2 Å². The van der Waals surface area contributed by atoms with E-state index in [1.807, 2.05) is 7.05 Å². The van der Waals surface area contributed by atoms with Gasteiger partial charge in [-0.1, -0.05) is 23.1 Å². The molecule has 2 aliphatic rings. The summed E-state index contributed by atoms with van der Waals surface area (Å²) in [4.78, 5) is 17.7. The number of nitrogens with zero attached hydrogens (tertiary/aromatic N) is 6. The summed E-state index contributed by atoms with van der Waals surface area (Å²) in [6.45, 7) is 2.04. The molecular formula is C17H21N7OS2. The van der Waals surface area contributed by atoms with E-state index in [0.29, 0.717) is 22.5 Å². The van der Waals surface area contributed by atoms with Crippen LogP contribution in [0.15, 0.2) is 16.0 Å². The number of thioether (sulfide) groups is 1. The van der Waals surface area contributed by atoms with Crippen molar-refractivity contribution in [2.75, 3.05) is 13.1 Å². The maximum absolute atomic E-state index is 12.4. The van der Waals surface area contributed by atoms with Crippen molar-refractivity contribution >= 4 is 28.1 Å². The van der Waals surface area contributed by atoms with Gasteiger partial charge in [-0.25, -0.2) is 4.98 Å². The van der Waals surface area contributed by atoms with Gasteiger partial charge in [0.1, 0.15) is 10.8 Å². The number of fused-ring (bicyclic) bond motifs is 1. The van der Waals surface area contributed by atoms with E-state index in [1.54, 1.807) is 17.8 Å². The second-order valence-electron chi connectivity index (χ2n) is 7.23. The van der Waals surface area contributed by atoms with Crippen molar-refractivity contribution in [2.45, 2.75) is 48.4 Å². The Balaban J connectivity index is 1.34. The van der Waals surface area contributed by atoms with Crippen molar-refractivity contribution in [1.82, 2.24) is 34.7 Å². The quantitative estimate of drug-likeness (QED) is 0.651. The molecule has 142 valence electrons. The lowest BCUT2D eigenvalue weighted by molar-refractivity contribution is 0.436. The summed E-state index contributed by atoms with van der Waals surface area (Å²) in [7, 11) is 2.02. The van der Waals surface area contributed by atoms with E-state index in [9.17, 15) is 4.79 Å². The topological polar surface area (TPSA) is 90.0 Å². The third-order valence-electron chi connectivity index (χ3n) is 5.12. The third kappa shape index (κ3) is 3.41. The first-order chi connectivity index (χ1) is 13.2. The van der Waals surface area contributed by atoms with Crippen LogP contribution in [-0.2, 0) is 12.8 Å². The molecule has 10 heteroatoms. The minimum atomic E-state index is -0.106. The van der Waals surface area contributed by atoms with Crippen LogP contribution in [0.25, 0.3) is 4.96 Å². The fourth-order valence-electron chi connectivity index (χ4n) is 3.46. The molecule has 5 rings (SSSR count). The zero-order valence-electron chi connectivity index (χ0n) is 15.1. The van der Waals surface area contributed by atoms with E-state index < -0.39 is 0 Å². The average Bonchev–Trinajstić information content (AvgIpc) is 3.33. The molecule has 8 nitrogen and oxygen atoms in total. The summed E-state index contributed by atoms with van der Waals surface area (Å²) in [6, 6.07) is 1.58. The molecule has 2 fully saturated rings. The van der Waals surface area contributed by atoms with Crippen LogP contribution in [0.3, 0.4) is 0 Å². The first-order valence-electron chi connectivity index (χ1n) is 9.31. The number of hydrogen-bond acceptors (Lipinski definition) is 8. The zero-order chi connectivity index (χ0) is 18.4. The van der Waals surface area contributed by atoms with Gasteiger partial charge in [0.2, 0.25) is 4.96 Å². The highest BCUT2D eigenvalue weighted by molar-refractivity contribution is 7.98. The van der Waals surface area contributed by atoms with Gasteiger partial charge in [0.15, 0.2) is 5.16 Å². The monoisotopic (exact) mass is 403 g/mol. The molecule has 1 saturated heterocycles. The van der Waals surface area contributed by atoms with Gasteiger partial charge >= 0.3 is 0 Å². The van der Waals surface area contributed by atoms with E-state index in [0.717, 1.165) is 41.2 Å². The molecule has 27 heavy (non-hydrogen) atoms. The standard InChI is InChI=1S/C17H21N7OS2/c1-23-14(11-3-2-6-18-8-11)20-21-17(23)26-9-12-7-13(25)24-16(19-12)27-15(22-24)10-4-5-10/h7,10-11,18H,2-6,8-9H2,1H3. The largest absolute Gasteiger partial charge is 0.316 e.